The summed E-state index contributed by atoms with van der Waals surface area (Å²) in [5.41, 5.74) is 5.91. The van der Waals surface area contributed by atoms with Crippen LogP contribution in [0.3, 0.4) is 0 Å². The van der Waals surface area contributed by atoms with E-state index in [2.05, 4.69) is 48.3 Å². The smallest absolute Gasteiger partial charge is 0.281 e. The van der Waals surface area contributed by atoms with E-state index in [1.54, 1.807) is 19.1 Å². The van der Waals surface area contributed by atoms with Crippen molar-refractivity contribution in [3.05, 3.63) is 62.7 Å². The highest BCUT2D eigenvalue weighted by Crippen LogP contribution is 2.39. The zero-order valence-electron chi connectivity index (χ0n) is 23.7. The Morgan fingerprint density at radius 3 is 2.27 bits per heavy atom. The lowest BCUT2D eigenvalue weighted by Gasteiger charge is -2.36. The minimum Gasteiger partial charge on any atom is -0.506 e. The fraction of sp³-hybridized carbons (Fsp3) is 0.452. The largest absolute Gasteiger partial charge is 0.506 e. The third-order valence-electron chi connectivity index (χ3n) is 7.94. The van der Waals surface area contributed by atoms with Crippen molar-refractivity contribution >= 4 is 40.2 Å². The number of hydrogen-bond donors (Lipinski definition) is 2. The molecule has 2 aromatic heterocycles. The van der Waals surface area contributed by atoms with Gasteiger partial charge in [0.05, 0.1) is 25.9 Å². The van der Waals surface area contributed by atoms with Gasteiger partial charge < -0.3 is 14.9 Å². The van der Waals surface area contributed by atoms with Gasteiger partial charge in [-0.2, -0.15) is 5.10 Å². The van der Waals surface area contributed by atoms with Crippen molar-refractivity contribution in [1.82, 2.24) is 15.2 Å². The number of carbonyl (C=O) groups excluding carboxylic acids is 2. The Kier molecular flexibility index (Phi) is 8.44. The van der Waals surface area contributed by atoms with Crippen molar-refractivity contribution in [2.75, 3.05) is 26.2 Å². The highest BCUT2D eigenvalue weighted by Gasteiger charge is 2.29. The van der Waals surface area contributed by atoms with E-state index in [0.717, 1.165) is 36.4 Å². The zero-order valence-corrected chi connectivity index (χ0v) is 25.3. The Hall–Kier alpha value is -3.01. The van der Waals surface area contributed by atoms with Crippen LogP contribution in [0, 0.1) is 0 Å². The van der Waals surface area contributed by atoms with Crippen molar-refractivity contribution < 1.29 is 14.7 Å². The number of rotatable bonds is 6. The summed E-state index contributed by atoms with van der Waals surface area (Å²) in [6, 6.07) is 12.2. The average Bonchev–Trinajstić information content (AvgIpc) is 3.72. The molecule has 0 aliphatic carbocycles. The third kappa shape index (κ3) is 6.16. The van der Waals surface area contributed by atoms with Crippen LogP contribution in [0.4, 0.5) is 0 Å². The number of piperidine rings is 1. The van der Waals surface area contributed by atoms with Gasteiger partial charge in [0.2, 0.25) is 0 Å². The van der Waals surface area contributed by atoms with Crippen LogP contribution in [0.25, 0.3) is 10.4 Å². The van der Waals surface area contributed by atoms with Crippen molar-refractivity contribution in [2.24, 2.45) is 5.10 Å². The van der Waals surface area contributed by atoms with Gasteiger partial charge in [-0.15, -0.1) is 22.7 Å². The maximum atomic E-state index is 13.1. The zero-order chi connectivity index (χ0) is 28.4. The molecule has 2 saturated heterocycles. The molecular formula is C31H38N4O3S2. The van der Waals surface area contributed by atoms with Crippen molar-refractivity contribution in [2.45, 2.75) is 64.8 Å². The highest BCUT2D eigenvalue weighted by molar-refractivity contribution is 7.16. The quantitative estimate of drug-likeness (QED) is 0.264. The van der Waals surface area contributed by atoms with Crippen LogP contribution in [-0.2, 0) is 5.41 Å². The first kappa shape index (κ1) is 28.5. The summed E-state index contributed by atoms with van der Waals surface area (Å²) in [5.74, 6) is -0.222. The summed E-state index contributed by atoms with van der Waals surface area (Å²) in [7, 11) is 0. The van der Waals surface area contributed by atoms with Gasteiger partial charge in [-0.3, -0.25) is 9.59 Å². The molecule has 2 fully saturated rings. The second-order valence-electron chi connectivity index (χ2n) is 11.7. The van der Waals surface area contributed by atoms with Gasteiger partial charge in [0.1, 0.15) is 5.75 Å². The van der Waals surface area contributed by atoms with Gasteiger partial charge in [0.15, 0.2) is 0 Å². The van der Waals surface area contributed by atoms with Crippen LogP contribution in [0.5, 0.6) is 5.75 Å². The van der Waals surface area contributed by atoms with Crippen molar-refractivity contribution in [1.29, 1.82) is 0 Å². The van der Waals surface area contributed by atoms with E-state index < -0.39 is 0 Å². The molecule has 2 N–H and O–H groups in total. The van der Waals surface area contributed by atoms with E-state index in [4.69, 9.17) is 0 Å². The molecule has 7 nitrogen and oxygen atoms in total. The molecule has 0 bridgehead atoms. The Bertz CT molecular complexity index is 1390. The van der Waals surface area contributed by atoms with Gasteiger partial charge in [-0.05, 0) is 74.4 Å². The Labute approximate surface area is 244 Å². The molecule has 0 unspecified atom stereocenters. The molecule has 0 atom stereocenters. The number of nitrogens with one attached hydrogen (secondary N) is 1. The maximum Gasteiger partial charge on any atom is 0.281 e. The molecule has 2 amide bonds. The highest BCUT2D eigenvalue weighted by atomic mass is 32.1. The molecule has 1 aromatic carbocycles. The number of amides is 2. The lowest BCUT2D eigenvalue weighted by Crippen LogP contribution is -2.45. The van der Waals surface area contributed by atoms with Crippen LogP contribution in [0.15, 0.2) is 46.9 Å². The van der Waals surface area contributed by atoms with E-state index in [-0.39, 0.29) is 23.0 Å². The van der Waals surface area contributed by atoms with Crippen molar-refractivity contribution in [3.63, 3.8) is 0 Å². The Morgan fingerprint density at radius 2 is 1.62 bits per heavy atom. The Balaban J connectivity index is 1.19. The van der Waals surface area contributed by atoms with Gasteiger partial charge in [0.25, 0.3) is 11.8 Å². The molecule has 4 heterocycles. The summed E-state index contributed by atoms with van der Waals surface area (Å²) in [6.45, 7) is 12.2. The molecule has 2 aliphatic rings. The molecule has 212 valence electrons. The topological polar surface area (TPSA) is 85.2 Å². The number of benzene rings is 1. The normalized spacial score (nSPS) is 17.4. The first-order chi connectivity index (χ1) is 19.1. The fourth-order valence-electron chi connectivity index (χ4n) is 5.46. The molecular weight excluding hydrogens is 541 g/mol. The van der Waals surface area contributed by atoms with Gasteiger partial charge in [0, 0.05) is 24.5 Å². The maximum absolute atomic E-state index is 13.1. The molecule has 2 aliphatic heterocycles. The summed E-state index contributed by atoms with van der Waals surface area (Å²) in [4.78, 5) is 32.1. The second kappa shape index (κ2) is 11.8. The SMILES string of the molecule is C/C(=N\NC(=O)c1ccc(C(=O)N2CCC(N3CCCC3)CC2)s1)c1csc(-c2ccc(C(C)(C)C)cc2)c1O. The summed E-state index contributed by atoms with van der Waals surface area (Å²) < 4.78 is 0. The predicted molar refractivity (Wildman–Crippen MR) is 164 cm³/mol. The number of hydrogen-bond acceptors (Lipinski definition) is 7. The monoisotopic (exact) mass is 578 g/mol. The third-order valence-corrected chi connectivity index (χ3v) is 10.0. The number of thiophene rings is 2. The molecule has 0 radical (unpaired) electrons. The number of carbonyl (C=O) groups is 2. The first-order valence-corrected chi connectivity index (χ1v) is 15.7. The Morgan fingerprint density at radius 1 is 0.975 bits per heavy atom. The van der Waals surface area contributed by atoms with E-state index >= 15 is 0 Å². The molecule has 9 heteroatoms. The van der Waals surface area contributed by atoms with Gasteiger partial charge in [-0.1, -0.05) is 45.0 Å². The van der Waals surface area contributed by atoms with Gasteiger partial charge in [-0.25, -0.2) is 5.43 Å². The van der Waals surface area contributed by atoms with Crippen LogP contribution < -0.4 is 5.43 Å². The van der Waals surface area contributed by atoms with E-state index in [1.807, 2.05) is 22.4 Å². The van der Waals surface area contributed by atoms with Crippen LogP contribution in [0.2, 0.25) is 0 Å². The van der Waals surface area contributed by atoms with Crippen LogP contribution >= 0.6 is 22.7 Å². The molecule has 40 heavy (non-hydrogen) atoms. The minimum atomic E-state index is -0.371. The van der Waals surface area contributed by atoms with E-state index in [1.165, 1.54) is 54.2 Å². The molecule has 0 saturated carbocycles. The second-order valence-corrected chi connectivity index (χ2v) is 13.7. The standard InChI is InChI=1S/C31H38N4O3S2/c1-20(24-19-39-28(27(24)36)21-7-9-22(10-8-21)31(2,3)4)32-33-29(37)25-11-12-26(40-25)30(38)35-17-13-23(14-18-35)34-15-5-6-16-34/h7-12,19,23,36H,5-6,13-18H2,1-4H3,(H,33,37)/b32-20+. The van der Waals surface area contributed by atoms with E-state index in [9.17, 15) is 14.7 Å². The minimum absolute atomic E-state index is 0.00476. The summed E-state index contributed by atoms with van der Waals surface area (Å²) in [6.07, 6.45) is 4.59. The number of likely N-dealkylation sites (tertiary alicyclic amines) is 2. The summed E-state index contributed by atoms with van der Waals surface area (Å²) >= 11 is 2.64. The molecule has 5 rings (SSSR count). The predicted octanol–water partition coefficient (Wildman–Crippen LogP) is 6.33. The van der Waals surface area contributed by atoms with Crippen molar-refractivity contribution in [3.8, 4) is 16.2 Å². The summed E-state index contributed by atoms with van der Waals surface area (Å²) in [5, 5.41) is 17.0. The molecule has 0 spiro atoms. The van der Waals surface area contributed by atoms with Gasteiger partial charge >= 0.3 is 0 Å². The average molecular weight is 579 g/mol. The lowest BCUT2D eigenvalue weighted by atomic mass is 9.86. The lowest BCUT2D eigenvalue weighted by molar-refractivity contribution is 0.0649. The number of aromatic hydroxyl groups is 1. The molecule has 3 aromatic rings. The number of nitrogens with zero attached hydrogens (tertiary/aromatic N) is 3. The fourth-order valence-corrected chi connectivity index (χ4v) is 7.33. The van der Waals surface area contributed by atoms with Crippen LogP contribution in [-0.4, -0.2) is 64.7 Å². The first-order valence-electron chi connectivity index (χ1n) is 14.0. The number of hydrazone groups is 1. The van der Waals surface area contributed by atoms with E-state index in [0.29, 0.717) is 27.1 Å². The van der Waals surface area contributed by atoms with Crippen LogP contribution in [0.1, 0.15) is 83.8 Å².